The number of rotatable bonds is 6. The normalized spacial score (nSPS) is 23.4. The average Bonchev–Trinajstić information content (AvgIpc) is 2.38. The summed E-state index contributed by atoms with van der Waals surface area (Å²) in [7, 11) is 0. The first-order valence-electron chi connectivity index (χ1n) is 6.33. The van der Waals surface area contributed by atoms with Gasteiger partial charge in [-0.25, -0.2) is 0 Å². The summed E-state index contributed by atoms with van der Waals surface area (Å²) in [5.74, 6) is -1.17. The Kier molecular flexibility index (Phi) is 5.85. The van der Waals surface area contributed by atoms with Crippen molar-refractivity contribution in [2.75, 3.05) is 19.7 Å². The maximum absolute atomic E-state index is 12.2. The number of hydrogen-bond donors (Lipinski definition) is 2. The molecule has 0 atom stereocenters. The molecule has 0 aromatic heterocycles. The lowest BCUT2D eigenvalue weighted by molar-refractivity contribution is -0.145. The molecule has 0 spiro atoms. The van der Waals surface area contributed by atoms with Gasteiger partial charge in [-0.05, 0) is 25.7 Å². The number of carboxylic acid groups (broad SMARTS) is 1. The Hall–Kier alpha value is -1.36. The van der Waals surface area contributed by atoms with E-state index in [0.717, 1.165) is 0 Å². The molecule has 1 saturated carbocycles. The molecule has 0 bridgehead atoms. The Bertz CT molecular complexity index is 308. The largest absolute Gasteiger partial charge is 0.481 e. The van der Waals surface area contributed by atoms with Gasteiger partial charge in [0.1, 0.15) is 0 Å². The van der Waals surface area contributed by atoms with Gasteiger partial charge < -0.3 is 15.1 Å². The summed E-state index contributed by atoms with van der Waals surface area (Å²) in [6, 6.07) is 0. The van der Waals surface area contributed by atoms with Crippen LogP contribution in [0.15, 0.2) is 12.7 Å². The highest BCUT2D eigenvalue weighted by molar-refractivity contribution is 5.79. The topological polar surface area (TPSA) is 77.8 Å². The summed E-state index contributed by atoms with van der Waals surface area (Å²) >= 11 is 0. The number of aliphatic carboxylic acids is 1. The number of carboxylic acids is 1. The lowest BCUT2D eigenvalue weighted by Crippen LogP contribution is -2.40. The molecule has 2 N–H and O–H groups in total. The summed E-state index contributed by atoms with van der Waals surface area (Å²) in [6.07, 6.45) is 4.00. The number of carbonyl (C=O) groups excluding carboxylic acids is 1. The predicted molar refractivity (Wildman–Crippen MR) is 66.9 cm³/mol. The van der Waals surface area contributed by atoms with E-state index in [1.165, 1.54) is 0 Å². The summed E-state index contributed by atoms with van der Waals surface area (Å²) in [4.78, 5) is 24.6. The summed E-state index contributed by atoms with van der Waals surface area (Å²) in [6.45, 7) is 4.26. The van der Waals surface area contributed by atoms with Crippen molar-refractivity contribution in [1.29, 1.82) is 0 Å². The van der Waals surface area contributed by atoms with Crippen LogP contribution >= 0.6 is 0 Å². The molecule has 1 amide bonds. The van der Waals surface area contributed by atoms with E-state index in [-0.39, 0.29) is 24.3 Å². The predicted octanol–water partition coefficient (Wildman–Crippen LogP) is 0.884. The van der Waals surface area contributed by atoms with E-state index >= 15 is 0 Å². The molecular weight excluding hydrogens is 234 g/mol. The lowest BCUT2D eigenvalue weighted by Gasteiger charge is -2.30. The fourth-order valence-corrected chi connectivity index (χ4v) is 2.41. The number of aliphatic hydroxyl groups is 1. The summed E-state index contributed by atoms with van der Waals surface area (Å²) in [5, 5.41) is 17.8. The van der Waals surface area contributed by atoms with E-state index in [2.05, 4.69) is 6.58 Å². The van der Waals surface area contributed by atoms with Crippen LogP contribution in [0.25, 0.3) is 0 Å². The van der Waals surface area contributed by atoms with Crippen molar-refractivity contribution in [2.45, 2.75) is 25.7 Å². The van der Waals surface area contributed by atoms with Crippen molar-refractivity contribution in [3.63, 3.8) is 0 Å². The van der Waals surface area contributed by atoms with E-state index in [1.54, 1.807) is 11.0 Å². The molecule has 1 aliphatic carbocycles. The molecule has 0 aromatic carbocycles. The van der Waals surface area contributed by atoms with Crippen LogP contribution in [0, 0.1) is 11.8 Å². The molecule has 1 rings (SSSR count). The van der Waals surface area contributed by atoms with E-state index in [0.29, 0.717) is 38.8 Å². The molecule has 1 fully saturated rings. The smallest absolute Gasteiger partial charge is 0.306 e. The third-order valence-electron chi connectivity index (χ3n) is 3.46. The van der Waals surface area contributed by atoms with Gasteiger partial charge in [0.2, 0.25) is 5.91 Å². The van der Waals surface area contributed by atoms with Crippen LogP contribution in [0.3, 0.4) is 0 Å². The van der Waals surface area contributed by atoms with Crippen molar-refractivity contribution in [3.8, 4) is 0 Å². The van der Waals surface area contributed by atoms with Gasteiger partial charge in [0.15, 0.2) is 0 Å². The molecule has 1 aliphatic rings. The van der Waals surface area contributed by atoms with Gasteiger partial charge in [-0.15, -0.1) is 6.58 Å². The lowest BCUT2D eigenvalue weighted by atomic mass is 9.81. The summed E-state index contributed by atoms with van der Waals surface area (Å²) in [5.41, 5.74) is 0. The fraction of sp³-hybridized carbons (Fsp3) is 0.692. The molecular formula is C13H21NO4. The second-order valence-electron chi connectivity index (χ2n) is 4.68. The second kappa shape index (κ2) is 7.16. The molecule has 0 saturated heterocycles. The molecule has 0 aliphatic heterocycles. The number of hydrogen-bond acceptors (Lipinski definition) is 3. The first-order valence-corrected chi connectivity index (χ1v) is 6.33. The zero-order valence-corrected chi connectivity index (χ0v) is 10.5. The van der Waals surface area contributed by atoms with E-state index in [4.69, 9.17) is 10.2 Å². The highest BCUT2D eigenvalue weighted by Crippen LogP contribution is 2.30. The molecule has 18 heavy (non-hydrogen) atoms. The second-order valence-corrected chi connectivity index (χ2v) is 4.68. The minimum absolute atomic E-state index is 0.00721. The standard InChI is InChI=1S/C13H21NO4/c1-2-7-14(8-9-15)12(16)10-3-5-11(6-4-10)13(17)18/h2,10-11,15H,1,3-9H2,(H,17,18). The first kappa shape index (κ1) is 14.7. The van der Waals surface area contributed by atoms with E-state index in [1.807, 2.05) is 0 Å². The van der Waals surface area contributed by atoms with E-state index in [9.17, 15) is 9.59 Å². The van der Waals surface area contributed by atoms with Crippen LogP contribution in [0.1, 0.15) is 25.7 Å². The Morgan fingerprint density at radius 2 is 1.78 bits per heavy atom. The Morgan fingerprint density at radius 3 is 2.22 bits per heavy atom. The third-order valence-corrected chi connectivity index (χ3v) is 3.46. The number of amides is 1. The van der Waals surface area contributed by atoms with Gasteiger partial charge in [0.05, 0.1) is 12.5 Å². The van der Waals surface area contributed by atoms with Crippen LogP contribution in [0.4, 0.5) is 0 Å². The maximum atomic E-state index is 12.2. The first-order chi connectivity index (χ1) is 8.60. The zero-order chi connectivity index (χ0) is 13.5. The van der Waals surface area contributed by atoms with Gasteiger partial charge in [0, 0.05) is 19.0 Å². The van der Waals surface area contributed by atoms with Crippen LogP contribution in [-0.2, 0) is 9.59 Å². The molecule has 0 radical (unpaired) electrons. The molecule has 0 heterocycles. The van der Waals surface area contributed by atoms with Crippen molar-refractivity contribution in [1.82, 2.24) is 4.90 Å². The van der Waals surface area contributed by atoms with Crippen LogP contribution in [-0.4, -0.2) is 46.7 Å². The van der Waals surface area contributed by atoms with Crippen molar-refractivity contribution >= 4 is 11.9 Å². The Morgan fingerprint density at radius 1 is 1.22 bits per heavy atom. The number of aliphatic hydroxyl groups excluding tert-OH is 1. The van der Waals surface area contributed by atoms with E-state index < -0.39 is 5.97 Å². The minimum atomic E-state index is -0.765. The van der Waals surface area contributed by atoms with Gasteiger partial charge in [-0.2, -0.15) is 0 Å². The SMILES string of the molecule is C=CCN(CCO)C(=O)C1CCC(C(=O)O)CC1. The Labute approximate surface area is 107 Å². The quantitative estimate of drug-likeness (QED) is 0.691. The number of nitrogens with zero attached hydrogens (tertiary/aromatic N) is 1. The minimum Gasteiger partial charge on any atom is -0.481 e. The summed E-state index contributed by atoms with van der Waals surface area (Å²) < 4.78 is 0. The fourth-order valence-electron chi connectivity index (χ4n) is 2.41. The van der Waals surface area contributed by atoms with Gasteiger partial charge in [-0.3, -0.25) is 9.59 Å². The Balaban J connectivity index is 2.51. The van der Waals surface area contributed by atoms with Crippen molar-refractivity contribution < 1.29 is 19.8 Å². The third kappa shape index (κ3) is 3.84. The van der Waals surface area contributed by atoms with Gasteiger partial charge in [-0.1, -0.05) is 6.08 Å². The van der Waals surface area contributed by atoms with Crippen molar-refractivity contribution in [3.05, 3.63) is 12.7 Å². The van der Waals surface area contributed by atoms with Crippen LogP contribution in [0.2, 0.25) is 0 Å². The molecule has 5 nitrogen and oxygen atoms in total. The monoisotopic (exact) mass is 255 g/mol. The van der Waals surface area contributed by atoms with Gasteiger partial charge >= 0.3 is 5.97 Å². The highest BCUT2D eigenvalue weighted by Gasteiger charge is 2.31. The molecule has 0 unspecified atom stereocenters. The van der Waals surface area contributed by atoms with Crippen molar-refractivity contribution in [2.24, 2.45) is 11.8 Å². The molecule has 0 aromatic rings. The average molecular weight is 255 g/mol. The zero-order valence-electron chi connectivity index (χ0n) is 10.5. The number of carbonyl (C=O) groups is 2. The van der Waals surface area contributed by atoms with Crippen LogP contribution < -0.4 is 0 Å². The maximum Gasteiger partial charge on any atom is 0.306 e. The van der Waals surface area contributed by atoms with Gasteiger partial charge in [0.25, 0.3) is 0 Å². The van der Waals surface area contributed by atoms with Crippen LogP contribution in [0.5, 0.6) is 0 Å². The molecule has 102 valence electrons. The highest BCUT2D eigenvalue weighted by atomic mass is 16.4. The molecule has 5 heteroatoms.